The maximum absolute atomic E-state index is 11.5. The van der Waals surface area contributed by atoms with Crippen LogP contribution < -0.4 is 5.32 Å². The third kappa shape index (κ3) is 6.46. The summed E-state index contributed by atoms with van der Waals surface area (Å²) in [6, 6.07) is 0. The van der Waals surface area contributed by atoms with E-state index in [4.69, 9.17) is 4.55 Å². The zero-order valence-electron chi connectivity index (χ0n) is 9.57. The van der Waals surface area contributed by atoms with Crippen molar-refractivity contribution in [2.24, 2.45) is 5.92 Å². The molecule has 2 N–H and O–H groups in total. The molecule has 0 aliphatic heterocycles. The zero-order valence-corrected chi connectivity index (χ0v) is 10.4. The van der Waals surface area contributed by atoms with E-state index in [2.05, 4.69) is 5.32 Å². The molecule has 0 aliphatic carbocycles. The van der Waals surface area contributed by atoms with Crippen LogP contribution in [0.2, 0.25) is 0 Å². The van der Waals surface area contributed by atoms with E-state index in [1.807, 2.05) is 6.92 Å². The van der Waals surface area contributed by atoms with Gasteiger partial charge in [-0.3, -0.25) is 9.35 Å². The second kappa shape index (κ2) is 4.94. The van der Waals surface area contributed by atoms with Gasteiger partial charge in [-0.05, 0) is 20.3 Å². The van der Waals surface area contributed by atoms with Crippen molar-refractivity contribution in [3.8, 4) is 0 Å². The molecule has 0 saturated heterocycles. The summed E-state index contributed by atoms with van der Waals surface area (Å²) in [5.74, 6) is -0.848. The third-order valence-corrected chi connectivity index (χ3v) is 3.15. The lowest BCUT2D eigenvalue weighted by atomic mass is 10.0. The van der Waals surface area contributed by atoms with Crippen molar-refractivity contribution in [1.82, 2.24) is 5.32 Å². The number of amides is 1. The SMILES string of the molecule is CC[C@@H](C)C(=O)NC(C)(C)CS(=O)(=O)O. The average molecular weight is 237 g/mol. The Morgan fingerprint density at radius 1 is 1.47 bits per heavy atom. The standard InChI is InChI=1S/C9H19NO4S/c1-5-7(2)8(11)10-9(3,4)6-15(12,13)14/h7H,5-6H2,1-4H3,(H,10,11)(H,12,13,14)/t7-/m1/s1. The monoisotopic (exact) mass is 237 g/mol. The molecule has 0 radical (unpaired) electrons. The molecule has 0 fully saturated rings. The van der Waals surface area contributed by atoms with Crippen molar-refractivity contribution in [3.63, 3.8) is 0 Å². The van der Waals surface area contributed by atoms with E-state index in [0.717, 1.165) is 0 Å². The van der Waals surface area contributed by atoms with E-state index >= 15 is 0 Å². The van der Waals surface area contributed by atoms with Crippen molar-refractivity contribution in [2.45, 2.75) is 39.7 Å². The largest absolute Gasteiger partial charge is 0.350 e. The molecule has 0 aromatic carbocycles. The average Bonchev–Trinajstić information content (AvgIpc) is 1.96. The van der Waals surface area contributed by atoms with Crippen LogP contribution in [0.15, 0.2) is 0 Å². The molecule has 0 bridgehead atoms. The van der Waals surface area contributed by atoms with Gasteiger partial charge in [-0.15, -0.1) is 0 Å². The van der Waals surface area contributed by atoms with Crippen molar-refractivity contribution in [3.05, 3.63) is 0 Å². The molecular weight excluding hydrogens is 218 g/mol. The van der Waals surface area contributed by atoms with Gasteiger partial charge in [0, 0.05) is 5.92 Å². The molecule has 0 heterocycles. The van der Waals surface area contributed by atoms with Gasteiger partial charge >= 0.3 is 0 Å². The lowest BCUT2D eigenvalue weighted by molar-refractivity contribution is -0.125. The summed E-state index contributed by atoms with van der Waals surface area (Å²) in [5.41, 5.74) is -0.950. The molecule has 0 spiro atoms. The molecule has 90 valence electrons. The summed E-state index contributed by atoms with van der Waals surface area (Å²) in [4.78, 5) is 11.5. The predicted molar refractivity (Wildman–Crippen MR) is 58.1 cm³/mol. The van der Waals surface area contributed by atoms with Crippen LogP contribution in [0, 0.1) is 5.92 Å². The summed E-state index contributed by atoms with van der Waals surface area (Å²) < 4.78 is 30.0. The Morgan fingerprint density at radius 3 is 2.27 bits per heavy atom. The Balaban J connectivity index is 4.45. The first kappa shape index (κ1) is 14.4. The predicted octanol–water partition coefficient (Wildman–Crippen LogP) is 0.815. The highest BCUT2D eigenvalue weighted by Gasteiger charge is 2.27. The Bertz CT molecular complexity index is 321. The van der Waals surface area contributed by atoms with Crippen molar-refractivity contribution in [2.75, 3.05) is 5.75 Å². The maximum Gasteiger partial charge on any atom is 0.267 e. The molecule has 6 heteroatoms. The van der Waals surface area contributed by atoms with Crippen molar-refractivity contribution >= 4 is 16.0 Å². The van der Waals surface area contributed by atoms with Crippen LogP contribution in [-0.2, 0) is 14.9 Å². The highest BCUT2D eigenvalue weighted by molar-refractivity contribution is 7.85. The number of carbonyl (C=O) groups excluding carboxylic acids is 1. The van der Waals surface area contributed by atoms with Crippen LogP contribution in [0.25, 0.3) is 0 Å². The first-order valence-electron chi connectivity index (χ1n) is 4.84. The molecule has 1 amide bonds. The number of hydrogen-bond acceptors (Lipinski definition) is 3. The quantitative estimate of drug-likeness (QED) is 0.693. The van der Waals surface area contributed by atoms with Crippen LogP contribution in [0.5, 0.6) is 0 Å². The molecule has 0 aliphatic rings. The molecular formula is C9H19NO4S. The van der Waals surface area contributed by atoms with Gasteiger partial charge in [-0.2, -0.15) is 8.42 Å². The van der Waals surface area contributed by atoms with Gasteiger partial charge in [0.15, 0.2) is 0 Å². The van der Waals surface area contributed by atoms with Gasteiger partial charge in [-0.25, -0.2) is 0 Å². The molecule has 15 heavy (non-hydrogen) atoms. The van der Waals surface area contributed by atoms with Crippen LogP contribution >= 0.6 is 0 Å². The number of rotatable bonds is 5. The molecule has 1 atom stereocenters. The zero-order chi connectivity index (χ0) is 12.3. The smallest absolute Gasteiger partial charge is 0.267 e. The second-order valence-corrected chi connectivity index (χ2v) is 5.86. The lowest BCUT2D eigenvalue weighted by Crippen LogP contribution is -2.49. The van der Waals surface area contributed by atoms with Crippen LogP contribution in [-0.4, -0.2) is 30.2 Å². The third-order valence-electron chi connectivity index (χ3n) is 2.06. The maximum atomic E-state index is 11.5. The van der Waals surface area contributed by atoms with Gasteiger partial charge in [0.25, 0.3) is 10.1 Å². The van der Waals surface area contributed by atoms with E-state index < -0.39 is 21.4 Å². The highest BCUT2D eigenvalue weighted by atomic mass is 32.2. The Labute approximate surface area is 91.0 Å². The number of hydrogen-bond donors (Lipinski definition) is 2. The lowest BCUT2D eigenvalue weighted by Gasteiger charge is -2.26. The molecule has 0 unspecified atom stereocenters. The molecule has 0 rings (SSSR count). The van der Waals surface area contributed by atoms with Gasteiger partial charge in [0.2, 0.25) is 5.91 Å². The van der Waals surface area contributed by atoms with E-state index in [-0.39, 0.29) is 11.8 Å². The molecule has 0 saturated carbocycles. The second-order valence-electron chi connectivity index (χ2n) is 4.41. The van der Waals surface area contributed by atoms with Gasteiger partial charge in [0.05, 0.1) is 11.3 Å². The summed E-state index contributed by atoms with van der Waals surface area (Å²) in [5, 5.41) is 2.59. The fraction of sp³-hybridized carbons (Fsp3) is 0.889. The van der Waals surface area contributed by atoms with Crippen LogP contribution in [0.3, 0.4) is 0 Å². The molecule has 0 aromatic rings. The fourth-order valence-electron chi connectivity index (χ4n) is 1.13. The van der Waals surface area contributed by atoms with Gasteiger partial charge in [0.1, 0.15) is 0 Å². The first-order valence-corrected chi connectivity index (χ1v) is 6.45. The number of carbonyl (C=O) groups is 1. The Hall–Kier alpha value is -0.620. The number of nitrogens with one attached hydrogen (secondary N) is 1. The minimum atomic E-state index is -4.07. The van der Waals surface area contributed by atoms with Crippen LogP contribution in [0.4, 0.5) is 0 Å². The van der Waals surface area contributed by atoms with Crippen LogP contribution in [0.1, 0.15) is 34.1 Å². The summed E-state index contributed by atoms with van der Waals surface area (Å²) in [6.07, 6.45) is 0.688. The topological polar surface area (TPSA) is 83.5 Å². The molecule has 5 nitrogen and oxygen atoms in total. The van der Waals surface area contributed by atoms with E-state index in [1.165, 1.54) is 0 Å². The summed E-state index contributed by atoms with van der Waals surface area (Å²) >= 11 is 0. The summed E-state index contributed by atoms with van der Waals surface area (Å²) in [7, 11) is -4.07. The first-order chi connectivity index (χ1) is 6.57. The van der Waals surface area contributed by atoms with Gasteiger partial charge < -0.3 is 5.32 Å². The fourth-order valence-corrected chi connectivity index (χ4v) is 2.12. The summed E-state index contributed by atoms with van der Waals surface area (Å²) in [6.45, 7) is 6.75. The van der Waals surface area contributed by atoms with Crippen molar-refractivity contribution in [1.29, 1.82) is 0 Å². The normalized spacial score (nSPS) is 14.7. The van der Waals surface area contributed by atoms with Crippen molar-refractivity contribution < 1.29 is 17.8 Å². The minimum Gasteiger partial charge on any atom is -0.350 e. The van der Waals surface area contributed by atoms with E-state index in [9.17, 15) is 13.2 Å². The minimum absolute atomic E-state index is 0.161. The van der Waals surface area contributed by atoms with Gasteiger partial charge in [-0.1, -0.05) is 13.8 Å². The van der Waals surface area contributed by atoms with E-state index in [0.29, 0.717) is 6.42 Å². The molecule has 0 aromatic heterocycles. The Kier molecular flexibility index (Phi) is 4.73. The van der Waals surface area contributed by atoms with E-state index in [1.54, 1.807) is 20.8 Å². The Morgan fingerprint density at radius 2 is 1.93 bits per heavy atom. The highest BCUT2D eigenvalue weighted by Crippen LogP contribution is 2.09.